The molecule has 0 aliphatic carbocycles. The number of hydrogen-bond acceptors (Lipinski definition) is 6. The van der Waals surface area contributed by atoms with Crippen molar-refractivity contribution in [1.29, 1.82) is 0 Å². The van der Waals surface area contributed by atoms with Gasteiger partial charge in [0.05, 0.1) is 12.4 Å². The number of rotatable bonds is 0. The highest BCUT2D eigenvalue weighted by molar-refractivity contribution is 6.37. The first-order valence-corrected chi connectivity index (χ1v) is 3.69. The molecule has 0 aromatic carbocycles. The highest BCUT2D eigenvalue weighted by Crippen LogP contribution is 2.17. The molecule has 0 radical (unpaired) electrons. The Morgan fingerprint density at radius 1 is 1.08 bits per heavy atom. The molecule has 0 unspecified atom stereocenters. The van der Waals surface area contributed by atoms with Gasteiger partial charge in [-0.15, -0.1) is 0 Å². The van der Waals surface area contributed by atoms with Crippen molar-refractivity contribution in [3.8, 4) is 0 Å². The molecule has 0 aromatic heterocycles. The molecule has 0 N–H and O–H groups in total. The zero-order chi connectivity index (χ0) is 8.67. The average Bonchev–Trinajstić information content (AvgIpc) is 2.19. The molecule has 3 rings (SSSR count). The Hall–Kier alpha value is -2.11. The van der Waals surface area contributed by atoms with E-state index in [0.717, 1.165) is 0 Å². The number of nitrogens with zero attached hydrogens (tertiary/aromatic N) is 6. The van der Waals surface area contributed by atoms with Crippen LogP contribution in [0.2, 0.25) is 0 Å². The zero-order valence-electron chi connectivity index (χ0n) is 6.49. The molecule has 0 saturated heterocycles. The third-order valence-corrected chi connectivity index (χ3v) is 1.76. The lowest BCUT2D eigenvalue weighted by Crippen LogP contribution is -2.40. The third kappa shape index (κ3) is 0.792. The fraction of sp³-hybridized carbons (Fsp3) is 0. The maximum Gasteiger partial charge on any atom is 0.240 e. The summed E-state index contributed by atoms with van der Waals surface area (Å²) in [5, 5.41) is 0. The second kappa shape index (κ2) is 2.19. The van der Waals surface area contributed by atoms with E-state index in [2.05, 4.69) is 25.0 Å². The quantitative estimate of drug-likeness (QED) is 0.507. The number of aliphatic imine (C=N–C) groups is 5. The summed E-state index contributed by atoms with van der Waals surface area (Å²) in [6, 6.07) is 0. The first-order chi connectivity index (χ1) is 6.45. The van der Waals surface area contributed by atoms with Crippen molar-refractivity contribution < 1.29 is 0 Å². The Morgan fingerprint density at radius 2 is 2.00 bits per heavy atom. The third-order valence-electron chi connectivity index (χ3n) is 1.76. The molecule has 3 heterocycles. The van der Waals surface area contributed by atoms with Gasteiger partial charge in [0.1, 0.15) is 12.7 Å². The van der Waals surface area contributed by atoms with Crippen LogP contribution in [0.25, 0.3) is 0 Å². The van der Waals surface area contributed by atoms with E-state index in [4.69, 9.17) is 0 Å². The standard InChI is InChI=1S/C7H4N6/c1-5-9-3-11-7-12-4-10-6(2-8-1)13(5)7/h1-4H. The van der Waals surface area contributed by atoms with Gasteiger partial charge in [0.2, 0.25) is 5.96 Å². The van der Waals surface area contributed by atoms with Gasteiger partial charge in [-0.05, 0) is 0 Å². The molecule has 6 nitrogen and oxygen atoms in total. The van der Waals surface area contributed by atoms with Crippen molar-refractivity contribution in [3.05, 3.63) is 12.0 Å². The lowest BCUT2D eigenvalue weighted by atomic mass is 10.4. The van der Waals surface area contributed by atoms with E-state index < -0.39 is 0 Å². The van der Waals surface area contributed by atoms with Crippen LogP contribution in [0.15, 0.2) is 37.0 Å². The van der Waals surface area contributed by atoms with Crippen molar-refractivity contribution >= 4 is 30.7 Å². The van der Waals surface area contributed by atoms with Crippen LogP contribution < -0.4 is 0 Å². The first-order valence-electron chi connectivity index (χ1n) is 3.69. The maximum atomic E-state index is 4.04. The van der Waals surface area contributed by atoms with Crippen LogP contribution in [0.1, 0.15) is 0 Å². The van der Waals surface area contributed by atoms with Crippen molar-refractivity contribution in [2.24, 2.45) is 25.0 Å². The summed E-state index contributed by atoms with van der Waals surface area (Å²) in [7, 11) is 0. The molecular formula is C7H4N6. The van der Waals surface area contributed by atoms with Gasteiger partial charge >= 0.3 is 0 Å². The largest absolute Gasteiger partial charge is 0.257 e. The van der Waals surface area contributed by atoms with Gasteiger partial charge < -0.3 is 0 Å². The summed E-state index contributed by atoms with van der Waals surface area (Å²) in [4.78, 5) is 21.8. The van der Waals surface area contributed by atoms with Gasteiger partial charge in [0.15, 0.2) is 11.7 Å². The topological polar surface area (TPSA) is 65.0 Å². The number of amidine groups is 1. The Kier molecular flexibility index (Phi) is 1.08. The second-order valence-electron chi connectivity index (χ2n) is 2.51. The molecule has 0 fully saturated rings. The Morgan fingerprint density at radius 3 is 3.00 bits per heavy atom. The monoisotopic (exact) mass is 172 g/mol. The molecule has 0 amide bonds. The Bertz CT molecular complexity index is 369. The van der Waals surface area contributed by atoms with E-state index in [9.17, 15) is 0 Å². The van der Waals surface area contributed by atoms with Gasteiger partial charge in [-0.25, -0.2) is 24.9 Å². The van der Waals surface area contributed by atoms with Crippen molar-refractivity contribution in [3.63, 3.8) is 0 Å². The smallest absolute Gasteiger partial charge is 0.240 e. The SMILES string of the molecule is C1=NC=C2N=CN=C3N=CN=C1N23. The molecule has 0 atom stereocenters. The predicted molar refractivity (Wildman–Crippen MR) is 50.3 cm³/mol. The molecule has 0 saturated carbocycles. The van der Waals surface area contributed by atoms with E-state index in [1.807, 2.05) is 0 Å². The van der Waals surface area contributed by atoms with E-state index in [0.29, 0.717) is 17.6 Å². The van der Waals surface area contributed by atoms with Crippen LogP contribution in [-0.4, -0.2) is 35.6 Å². The van der Waals surface area contributed by atoms with Gasteiger partial charge in [-0.2, -0.15) is 0 Å². The second-order valence-corrected chi connectivity index (χ2v) is 2.51. The average molecular weight is 172 g/mol. The summed E-state index contributed by atoms with van der Waals surface area (Å²) >= 11 is 0. The number of guanidine groups is 1. The fourth-order valence-corrected chi connectivity index (χ4v) is 1.22. The van der Waals surface area contributed by atoms with Crippen LogP contribution in [0.5, 0.6) is 0 Å². The minimum atomic E-state index is 0.581. The molecule has 3 aliphatic heterocycles. The van der Waals surface area contributed by atoms with Gasteiger partial charge in [-0.1, -0.05) is 0 Å². The van der Waals surface area contributed by atoms with Crippen molar-refractivity contribution in [1.82, 2.24) is 4.90 Å². The molecule has 3 aliphatic rings. The van der Waals surface area contributed by atoms with Crippen LogP contribution in [0.3, 0.4) is 0 Å². The van der Waals surface area contributed by atoms with Crippen LogP contribution >= 0.6 is 0 Å². The van der Waals surface area contributed by atoms with Gasteiger partial charge in [-0.3, -0.25) is 4.99 Å². The Labute approximate surface area is 73.5 Å². The van der Waals surface area contributed by atoms with Crippen molar-refractivity contribution in [2.45, 2.75) is 0 Å². The molecular weight excluding hydrogens is 168 g/mol. The highest BCUT2D eigenvalue weighted by Gasteiger charge is 2.26. The zero-order valence-corrected chi connectivity index (χ0v) is 6.49. The number of hydrogen-bond donors (Lipinski definition) is 0. The minimum absolute atomic E-state index is 0.581. The fourth-order valence-electron chi connectivity index (χ4n) is 1.22. The molecule has 6 heteroatoms. The van der Waals surface area contributed by atoms with E-state index >= 15 is 0 Å². The molecule has 62 valence electrons. The maximum absolute atomic E-state index is 4.04. The lowest BCUT2D eigenvalue weighted by Gasteiger charge is -2.27. The van der Waals surface area contributed by atoms with Crippen LogP contribution in [0.4, 0.5) is 0 Å². The normalized spacial score (nSPS) is 22.2. The van der Waals surface area contributed by atoms with E-state index in [1.54, 1.807) is 17.3 Å². The van der Waals surface area contributed by atoms with Gasteiger partial charge in [0, 0.05) is 0 Å². The first kappa shape index (κ1) is 6.41. The predicted octanol–water partition coefficient (Wildman–Crippen LogP) is 0.0100. The molecule has 13 heavy (non-hydrogen) atoms. The summed E-state index contributed by atoms with van der Waals surface area (Å²) in [5.74, 6) is 1.98. The van der Waals surface area contributed by atoms with E-state index in [1.165, 1.54) is 12.7 Å². The van der Waals surface area contributed by atoms with Gasteiger partial charge in [0.25, 0.3) is 0 Å². The summed E-state index contributed by atoms with van der Waals surface area (Å²) in [5.41, 5.74) is 0. The Balaban J connectivity index is 2.23. The van der Waals surface area contributed by atoms with E-state index in [-0.39, 0.29) is 0 Å². The summed E-state index contributed by atoms with van der Waals surface area (Å²) in [6.07, 6.45) is 6.20. The summed E-state index contributed by atoms with van der Waals surface area (Å²) < 4.78 is 0. The molecule has 0 bridgehead atoms. The highest BCUT2D eigenvalue weighted by atomic mass is 15.4. The van der Waals surface area contributed by atoms with Crippen LogP contribution in [-0.2, 0) is 0 Å². The lowest BCUT2D eigenvalue weighted by molar-refractivity contribution is 0.717. The van der Waals surface area contributed by atoms with Crippen LogP contribution in [0, 0.1) is 0 Å². The molecule has 0 aromatic rings. The molecule has 0 spiro atoms. The van der Waals surface area contributed by atoms with Crippen molar-refractivity contribution in [2.75, 3.05) is 0 Å². The minimum Gasteiger partial charge on any atom is -0.257 e. The summed E-state index contributed by atoms with van der Waals surface area (Å²) in [6.45, 7) is 0.